The van der Waals surface area contributed by atoms with E-state index in [2.05, 4.69) is 0 Å². The van der Waals surface area contributed by atoms with Crippen molar-refractivity contribution in [2.75, 3.05) is 19.7 Å². The molecule has 5 nitrogen and oxygen atoms in total. The maximum Gasteiger partial charge on any atom is 0.254 e. The van der Waals surface area contributed by atoms with Crippen molar-refractivity contribution >= 4 is 23.2 Å². The standard InChI is InChI=1S/C27H28F2N2O3S/c1-3-18(2)31(27(33)19-5-4-6-21(29)15-19)16-26(32)30-13-11-25-23(12-14-35-25)24(30)17-34-22-9-7-20(28)8-10-22/h4-10,12,14-15,18,24H,3,11,13,16-17H2,1-2H3/t18-,24-/m1/s1. The van der Waals surface area contributed by atoms with Crippen molar-refractivity contribution in [1.82, 2.24) is 9.80 Å². The Bertz CT molecular complexity index is 1180. The fourth-order valence-corrected chi connectivity index (χ4v) is 5.18. The highest BCUT2D eigenvalue weighted by Gasteiger charge is 2.34. The van der Waals surface area contributed by atoms with Crippen LogP contribution in [-0.2, 0) is 11.2 Å². The van der Waals surface area contributed by atoms with Crippen LogP contribution in [0.5, 0.6) is 5.75 Å². The molecule has 0 bridgehead atoms. The lowest BCUT2D eigenvalue weighted by molar-refractivity contribution is -0.136. The van der Waals surface area contributed by atoms with Gasteiger partial charge in [0.1, 0.15) is 30.5 Å². The van der Waals surface area contributed by atoms with E-state index < -0.39 is 5.82 Å². The molecule has 3 aromatic rings. The Morgan fingerprint density at radius 1 is 1.14 bits per heavy atom. The van der Waals surface area contributed by atoms with E-state index in [4.69, 9.17) is 4.74 Å². The molecular formula is C27H28F2N2O3S. The molecule has 1 aliphatic rings. The number of amides is 2. The topological polar surface area (TPSA) is 49.9 Å². The van der Waals surface area contributed by atoms with Crippen LogP contribution >= 0.6 is 11.3 Å². The third-order valence-corrected chi connectivity index (χ3v) is 7.39. The van der Waals surface area contributed by atoms with Crippen molar-refractivity contribution in [2.24, 2.45) is 0 Å². The van der Waals surface area contributed by atoms with Crippen LogP contribution in [0.1, 0.15) is 47.1 Å². The van der Waals surface area contributed by atoms with Gasteiger partial charge in [0, 0.05) is 23.0 Å². The van der Waals surface area contributed by atoms with Gasteiger partial charge in [0.2, 0.25) is 5.91 Å². The molecule has 35 heavy (non-hydrogen) atoms. The van der Waals surface area contributed by atoms with Crippen LogP contribution in [0.15, 0.2) is 60.0 Å². The second kappa shape index (κ2) is 11.0. The summed E-state index contributed by atoms with van der Waals surface area (Å²) < 4.78 is 33.0. The molecule has 0 aliphatic carbocycles. The Hall–Kier alpha value is -3.26. The highest BCUT2D eigenvalue weighted by atomic mass is 32.1. The zero-order chi connectivity index (χ0) is 24.9. The van der Waals surface area contributed by atoms with Gasteiger partial charge in [-0.15, -0.1) is 11.3 Å². The third kappa shape index (κ3) is 5.70. The minimum Gasteiger partial charge on any atom is -0.491 e. The summed E-state index contributed by atoms with van der Waals surface area (Å²) >= 11 is 1.65. The summed E-state index contributed by atoms with van der Waals surface area (Å²) in [5, 5.41) is 2.00. The molecule has 4 rings (SSSR count). The van der Waals surface area contributed by atoms with Gasteiger partial charge in [-0.2, -0.15) is 0 Å². The lowest BCUT2D eigenvalue weighted by Gasteiger charge is -2.38. The first-order valence-corrected chi connectivity index (χ1v) is 12.6. The maximum atomic E-state index is 13.8. The van der Waals surface area contributed by atoms with Crippen molar-refractivity contribution < 1.29 is 23.1 Å². The Kier molecular flexibility index (Phi) is 7.80. The molecule has 2 aromatic carbocycles. The number of thiophene rings is 1. The largest absolute Gasteiger partial charge is 0.491 e. The molecular weight excluding hydrogens is 470 g/mol. The van der Waals surface area contributed by atoms with Crippen LogP contribution in [0.4, 0.5) is 8.78 Å². The van der Waals surface area contributed by atoms with Crippen molar-refractivity contribution in [3.63, 3.8) is 0 Å². The van der Waals surface area contributed by atoms with Crippen molar-refractivity contribution in [1.29, 1.82) is 0 Å². The van der Waals surface area contributed by atoms with E-state index in [1.807, 2.05) is 25.3 Å². The highest BCUT2D eigenvalue weighted by molar-refractivity contribution is 7.10. The van der Waals surface area contributed by atoms with Crippen LogP contribution in [0.2, 0.25) is 0 Å². The van der Waals surface area contributed by atoms with Gasteiger partial charge in [-0.05, 0) is 79.2 Å². The van der Waals surface area contributed by atoms with E-state index in [9.17, 15) is 18.4 Å². The zero-order valence-corrected chi connectivity index (χ0v) is 20.6. The van der Waals surface area contributed by atoms with Gasteiger partial charge in [-0.25, -0.2) is 8.78 Å². The number of hydrogen-bond acceptors (Lipinski definition) is 4. The van der Waals surface area contributed by atoms with Gasteiger partial charge in [-0.3, -0.25) is 9.59 Å². The first-order chi connectivity index (χ1) is 16.9. The minimum absolute atomic E-state index is 0.114. The van der Waals surface area contributed by atoms with Gasteiger partial charge in [0.25, 0.3) is 5.91 Å². The monoisotopic (exact) mass is 498 g/mol. The summed E-state index contributed by atoms with van der Waals surface area (Å²) in [6.45, 7) is 4.43. The molecule has 2 atom stereocenters. The molecule has 2 heterocycles. The average molecular weight is 499 g/mol. The number of rotatable bonds is 8. The smallest absolute Gasteiger partial charge is 0.254 e. The second-order valence-corrected chi connectivity index (χ2v) is 9.62. The third-order valence-electron chi connectivity index (χ3n) is 6.40. The Balaban J connectivity index is 1.54. The number of carbonyl (C=O) groups excluding carboxylic acids is 2. The van der Waals surface area contributed by atoms with Gasteiger partial charge in [0.15, 0.2) is 0 Å². The molecule has 1 aromatic heterocycles. The number of benzene rings is 2. The van der Waals surface area contributed by atoms with Crippen molar-refractivity contribution in [3.05, 3.63) is 87.6 Å². The quantitative estimate of drug-likeness (QED) is 0.414. The lowest BCUT2D eigenvalue weighted by atomic mass is 10.00. The van der Waals surface area contributed by atoms with Gasteiger partial charge in [0.05, 0.1) is 6.04 Å². The Morgan fingerprint density at radius 3 is 2.63 bits per heavy atom. The fourth-order valence-electron chi connectivity index (χ4n) is 4.25. The van der Waals surface area contributed by atoms with Crippen molar-refractivity contribution in [2.45, 2.75) is 38.8 Å². The lowest BCUT2D eigenvalue weighted by Crippen LogP contribution is -2.49. The van der Waals surface area contributed by atoms with Crippen LogP contribution < -0.4 is 4.74 Å². The Labute approximate surface area is 207 Å². The number of fused-ring (bicyclic) bond motifs is 1. The van der Waals surface area contributed by atoms with E-state index in [-0.39, 0.29) is 48.4 Å². The van der Waals surface area contributed by atoms with Gasteiger partial charge >= 0.3 is 0 Å². The first kappa shape index (κ1) is 24.9. The van der Waals surface area contributed by atoms with E-state index in [0.29, 0.717) is 18.7 Å². The normalized spacial score (nSPS) is 15.9. The molecule has 2 amide bonds. The molecule has 0 radical (unpaired) electrons. The first-order valence-electron chi connectivity index (χ1n) is 11.7. The summed E-state index contributed by atoms with van der Waals surface area (Å²) in [6, 6.07) is 12.8. The molecule has 8 heteroatoms. The molecule has 0 unspecified atom stereocenters. The van der Waals surface area contributed by atoms with Crippen molar-refractivity contribution in [3.8, 4) is 5.75 Å². The molecule has 0 fully saturated rings. The average Bonchev–Trinajstić information content (AvgIpc) is 3.35. The molecule has 0 saturated heterocycles. The number of halogens is 2. The zero-order valence-electron chi connectivity index (χ0n) is 19.7. The molecule has 0 spiro atoms. The molecule has 0 N–H and O–H groups in total. The van der Waals surface area contributed by atoms with E-state index >= 15 is 0 Å². The summed E-state index contributed by atoms with van der Waals surface area (Å²) in [5.74, 6) is -0.895. The Morgan fingerprint density at radius 2 is 1.91 bits per heavy atom. The second-order valence-electron chi connectivity index (χ2n) is 8.62. The predicted octanol–water partition coefficient (Wildman–Crippen LogP) is 5.47. The minimum atomic E-state index is -0.495. The fraction of sp³-hybridized carbons (Fsp3) is 0.333. The van der Waals surface area contributed by atoms with E-state index in [0.717, 1.165) is 12.0 Å². The summed E-state index contributed by atoms with van der Waals surface area (Å²) in [5.41, 5.74) is 1.25. The van der Waals surface area contributed by atoms with Crippen LogP contribution in [-0.4, -0.2) is 47.4 Å². The highest BCUT2D eigenvalue weighted by Crippen LogP contribution is 2.34. The number of hydrogen-bond donors (Lipinski definition) is 0. The van der Waals surface area contributed by atoms with Crippen LogP contribution in [0, 0.1) is 11.6 Å². The SMILES string of the molecule is CC[C@@H](C)N(CC(=O)N1CCc2sccc2[C@H]1COc1ccc(F)cc1)C(=O)c1cccc(F)c1. The van der Waals surface area contributed by atoms with Crippen LogP contribution in [0.3, 0.4) is 0 Å². The molecule has 0 saturated carbocycles. The molecule has 184 valence electrons. The predicted molar refractivity (Wildman–Crippen MR) is 132 cm³/mol. The summed E-state index contributed by atoms with van der Waals surface area (Å²) in [4.78, 5) is 31.3. The molecule has 1 aliphatic heterocycles. The maximum absolute atomic E-state index is 13.8. The number of carbonyl (C=O) groups is 2. The van der Waals surface area contributed by atoms with Gasteiger partial charge < -0.3 is 14.5 Å². The van der Waals surface area contributed by atoms with E-state index in [1.165, 1.54) is 40.1 Å². The summed E-state index contributed by atoms with van der Waals surface area (Å²) in [7, 11) is 0. The number of ether oxygens (including phenoxy) is 1. The van der Waals surface area contributed by atoms with Crippen LogP contribution in [0.25, 0.3) is 0 Å². The number of nitrogens with zero attached hydrogens (tertiary/aromatic N) is 2. The van der Waals surface area contributed by atoms with Gasteiger partial charge in [-0.1, -0.05) is 13.0 Å². The summed E-state index contributed by atoms with van der Waals surface area (Å²) in [6.07, 6.45) is 1.38. The van der Waals surface area contributed by atoms with E-state index in [1.54, 1.807) is 34.4 Å².